The van der Waals surface area contributed by atoms with Crippen LogP contribution < -0.4 is 24.3 Å². The zero-order valence-corrected chi connectivity index (χ0v) is 35.8. The van der Waals surface area contributed by atoms with Gasteiger partial charge in [0.2, 0.25) is 0 Å². The van der Waals surface area contributed by atoms with Crippen molar-refractivity contribution in [3.63, 3.8) is 0 Å². The number of hydrogen-bond donors (Lipinski definition) is 0. The number of rotatable bonds is 8. The van der Waals surface area contributed by atoms with Crippen LogP contribution in [0.3, 0.4) is 0 Å². The maximum atomic E-state index is 6.52. The van der Waals surface area contributed by atoms with Gasteiger partial charge in [-0.05, 0) is 58.1 Å². The monoisotopic (exact) mass is 957 g/mol. The van der Waals surface area contributed by atoms with E-state index in [1.807, 2.05) is 36.5 Å². The summed E-state index contributed by atoms with van der Waals surface area (Å²) >= 11 is 0. The summed E-state index contributed by atoms with van der Waals surface area (Å²) in [5.41, 5.74) is 12.1. The number of anilines is 6. The van der Waals surface area contributed by atoms with Crippen molar-refractivity contribution in [3.8, 4) is 33.8 Å². The molecule has 0 aromatic heterocycles. The molecule has 8 aromatic carbocycles. The SMILES string of the molecule is CC(C)(C)c1ccc(N2C=CN(c3[c-]c(Oc4[c-]c(N5[CH-]N(c6c(-c7ccccc7)cccc6-c6ccccc6)c6c5ccc5ccccc65)ccc4)ccc3)[CH-]2)cc1.[Pt+4]. The van der Waals surface area contributed by atoms with E-state index in [1.165, 1.54) is 10.9 Å². The Kier molecular flexibility index (Phi) is 10.5. The number of para-hydroxylation sites is 1. The first kappa shape index (κ1) is 38.9. The molecule has 0 saturated carbocycles. The van der Waals surface area contributed by atoms with Gasteiger partial charge in [0.25, 0.3) is 0 Å². The van der Waals surface area contributed by atoms with Gasteiger partial charge in [0, 0.05) is 50.8 Å². The smallest absolute Gasteiger partial charge is 0.509 e. The first-order chi connectivity index (χ1) is 28.9. The molecule has 0 fully saturated rings. The Morgan fingerprint density at radius 2 is 1.07 bits per heavy atom. The minimum absolute atomic E-state index is 0. The van der Waals surface area contributed by atoms with Crippen molar-refractivity contribution >= 4 is 44.9 Å². The van der Waals surface area contributed by atoms with E-state index in [0.29, 0.717) is 11.5 Å². The number of nitrogens with zero attached hydrogens (tertiary/aromatic N) is 4. The molecule has 60 heavy (non-hydrogen) atoms. The second-order valence-corrected chi connectivity index (χ2v) is 15.9. The molecule has 0 N–H and O–H groups in total. The first-order valence-corrected chi connectivity index (χ1v) is 20.0. The van der Waals surface area contributed by atoms with Crippen LogP contribution in [-0.2, 0) is 26.5 Å². The van der Waals surface area contributed by atoms with Gasteiger partial charge in [0.05, 0.1) is 0 Å². The van der Waals surface area contributed by atoms with Gasteiger partial charge in [-0.25, -0.2) is 0 Å². The molecule has 0 unspecified atom stereocenters. The Morgan fingerprint density at radius 3 is 1.73 bits per heavy atom. The van der Waals surface area contributed by atoms with Crippen LogP contribution >= 0.6 is 0 Å². The molecular weight excluding hydrogens is 916 g/mol. The minimum atomic E-state index is 0. The number of ether oxygens (including phenoxy) is 1. The quantitative estimate of drug-likeness (QED) is 0.141. The number of fused-ring (bicyclic) bond motifs is 3. The van der Waals surface area contributed by atoms with Gasteiger partial charge in [0.15, 0.2) is 0 Å². The van der Waals surface area contributed by atoms with Crippen molar-refractivity contribution in [3.05, 3.63) is 219 Å². The Labute approximate surface area is 367 Å². The summed E-state index contributed by atoms with van der Waals surface area (Å²) in [6.07, 6.45) is 4.10. The largest absolute Gasteiger partial charge is 4.00 e. The van der Waals surface area contributed by atoms with E-state index in [-0.39, 0.29) is 26.5 Å². The van der Waals surface area contributed by atoms with Crippen LogP contribution in [0.15, 0.2) is 188 Å². The van der Waals surface area contributed by atoms with Gasteiger partial charge < -0.3 is 24.3 Å². The Hall–Kier alpha value is -6.55. The molecule has 2 aliphatic rings. The normalized spacial score (nSPS) is 13.4. The first-order valence-electron chi connectivity index (χ1n) is 20.0. The Balaban J connectivity index is 0.00000462. The van der Waals surface area contributed by atoms with Gasteiger partial charge in [0.1, 0.15) is 0 Å². The van der Waals surface area contributed by atoms with E-state index in [0.717, 1.165) is 61.8 Å². The van der Waals surface area contributed by atoms with E-state index < -0.39 is 0 Å². The van der Waals surface area contributed by atoms with Crippen molar-refractivity contribution < 1.29 is 25.8 Å². The van der Waals surface area contributed by atoms with Crippen molar-refractivity contribution in [2.45, 2.75) is 26.2 Å². The van der Waals surface area contributed by atoms with Crippen molar-refractivity contribution in [2.24, 2.45) is 0 Å². The number of benzene rings is 8. The molecule has 2 heterocycles. The summed E-state index contributed by atoms with van der Waals surface area (Å²) in [6.45, 7) is 11.0. The summed E-state index contributed by atoms with van der Waals surface area (Å²) in [5.74, 6) is 1.20. The fourth-order valence-electron chi connectivity index (χ4n) is 7.98. The van der Waals surface area contributed by atoms with E-state index in [9.17, 15) is 0 Å². The summed E-state index contributed by atoms with van der Waals surface area (Å²) in [5, 5.41) is 2.34. The van der Waals surface area contributed by atoms with Gasteiger partial charge >= 0.3 is 21.1 Å². The molecule has 0 bridgehead atoms. The average molecular weight is 958 g/mol. The predicted molar refractivity (Wildman–Crippen MR) is 244 cm³/mol. The molecule has 0 aliphatic carbocycles. The predicted octanol–water partition coefficient (Wildman–Crippen LogP) is 14.2. The third-order valence-corrected chi connectivity index (χ3v) is 11.0. The molecule has 0 radical (unpaired) electrons. The van der Waals surface area contributed by atoms with Crippen LogP contribution in [0, 0.1) is 25.5 Å². The topological polar surface area (TPSA) is 22.2 Å². The fourth-order valence-corrected chi connectivity index (χ4v) is 7.98. The van der Waals surface area contributed by atoms with Crippen LogP contribution in [0.1, 0.15) is 26.3 Å². The molecule has 6 heteroatoms. The van der Waals surface area contributed by atoms with E-state index in [4.69, 9.17) is 4.74 Å². The summed E-state index contributed by atoms with van der Waals surface area (Å²) in [4.78, 5) is 8.75. The number of hydrogen-bond acceptors (Lipinski definition) is 5. The van der Waals surface area contributed by atoms with Crippen LogP contribution in [0.4, 0.5) is 34.1 Å². The van der Waals surface area contributed by atoms with Crippen LogP contribution in [-0.4, -0.2) is 0 Å². The second kappa shape index (κ2) is 16.2. The Bertz CT molecular complexity index is 2760. The average Bonchev–Trinajstić information content (AvgIpc) is 3.93. The molecular formula is C54H42N4OPt. The summed E-state index contributed by atoms with van der Waals surface area (Å²) in [6, 6.07) is 68.8. The molecule has 294 valence electrons. The maximum Gasteiger partial charge on any atom is 4.00 e. The third kappa shape index (κ3) is 7.46. The van der Waals surface area contributed by atoms with E-state index >= 15 is 0 Å². The van der Waals surface area contributed by atoms with Crippen molar-refractivity contribution in [1.29, 1.82) is 0 Å². The van der Waals surface area contributed by atoms with Gasteiger partial charge in [-0.3, -0.25) is 0 Å². The summed E-state index contributed by atoms with van der Waals surface area (Å²) < 4.78 is 6.52. The van der Waals surface area contributed by atoms with Gasteiger partial charge in [-0.1, -0.05) is 142 Å². The minimum Gasteiger partial charge on any atom is -0.509 e. The van der Waals surface area contributed by atoms with E-state index in [2.05, 4.69) is 218 Å². The zero-order chi connectivity index (χ0) is 39.9. The standard InChI is InChI=1S/C54H42N4O.Pt/c1-54(2,3)42-28-30-43(31-29-42)55-33-34-56(37-55)44-20-12-22-46(35-44)59-47-23-13-21-45(36-47)57-38-58(53-50-24-11-10-19-41(50)27-32-51(53)57)52-48(39-15-6-4-7-16-39)25-14-26-49(52)40-17-8-5-9-18-40;/h4-34,37-38H,1-3H3;/q-4;+4. The van der Waals surface area contributed by atoms with E-state index in [1.54, 1.807) is 0 Å². The fraction of sp³-hybridized carbons (Fsp3) is 0.0741. The molecule has 0 saturated heterocycles. The second-order valence-electron chi connectivity index (χ2n) is 15.9. The third-order valence-electron chi connectivity index (χ3n) is 11.0. The van der Waals surface area contributed by atoms with Gasteiger partial charge in [-0.15, -0.1) is 61.1 Å². The maximum absolute atomic E-state index is 6.52. The van der Waals surface area contributed by atoms with Crippen molar-refractivity contribution in [1.82, 2.24) is 0 Å². The molecule has 8 aromatic rings. The molecule has 2 aliphatic heterocycles. The molecule has 0 spiro atoms. The molecule has 10 rings (SSSR count). The molecule has 0 atom stereocenters. The van der Waals surface area contributed by atoms with Crippen molar-refractivity contribution in [2.75, 3.05) is 19.6 Å². The molecule has 0 amide bonds. The summed E-state index contributed by atoms with van der Waals surface area (Å²) in [7, 11) is 0. The van der Waals surface area contributed by atoms with Crippen LogP contribution in [0.25, 0.3) is 33.0 Å². The van der Waals surface area contributed by atoms with Crippen LogP contribution in [0.2, 0.25) is 0 Å². The van der Waals surface area contributed by atoms with Crippen LogP contribution in [0.5, 0.6) is 11.5 Å². The van der Waals surface area contributed by atoms with Gasteiger partial charge in [-0.2, -0.15) is 12.1 Å². The Morgan fingerprint density at radius 1 is 0.483 bits per heavy atom. The zero-order valence-electron chi connectivity index (χ0n) is 33.6. The molecule has 5 nitrogen and oxygen atoms in total.